The quantitative estimate of drug-likeness (QED) is 0.207. The molecule has 0 aliphatic carbocycles. The fourth-order valence-corrected chi connectivity index (χ4v) is 3.33. The third-order valence-electron chi connectivity index (χ3n) is 3.72. The Labute approximate surface area is 184 Å². The van der Waals surface area contributed by atoms with E-state index in [1.54, 1.807) is 30.5 Å². The summed E-state index contributed by atoms with van der Waals surface area (Å²) < 4.78 is 1.82. The molecule has 1 aromatic heterocycles. The molecule has 6 nitrogen and oxygen atoms in total. The van der Waals surface area contributed by atoms with Crippen molar-refractivity contribution in [3.05, 3.63) is 64.7 Å². The van der Waals surface area contributed by atoms with E-state index < -0.39 is 0 Å². The first kappa shape index (κ1) is 19.6. The first-order valence-corrected chi connectivity index (χ1v) is 11.0. The zero-order valence-electron chi connectivity index (χ0n) is 14.1. The number of alkyl halides is 2. The molecule has 0 saturated carbocycles. The Bertz CT molecular complexity index is 984. The number of rotatable bonds is 6. The van der Waals surface area contributed by atoms with Gasteiger partial charge in [-0.1, -0.05) is 51.2 Å². The van der Waals surface area contributed by atoms with E-state index in [0.29, 0.717) is 17.2 Å². The molecule has 0 spiro atoms. The molecular weight excluding hydrogens is 568 g/mol. The Morgan fingerprint density at radius 3 is 2.41 bits per heavy atom. The van der Waals surface area contributed by atoms with Crippen LogP contribution in [0.2, 0.25) is 0 Å². The lowest BCUT2D eigenvalue weighted by atomic mass is 10.1. The number of hydrogen-bond donors (Lipinski definition) is 3. The van der Waals surface area contributed by atoms with Gasteiger partial charge in [-0.2, -0.15) is 10.4 Å². The Morgan fingerprint density at radius 1 is 1.15 bits per heavy atom. The minimum atomic E-state index is 0.192. The lowest BCUT2D eigenvalue weighted by molar-refractivity contribution is 0.475. The van der Waals surface area contributed by atoms with E-state index >= 15 is 0 Å². The number of phenolic OH excluding ortho intramolecular Hbond substituents is 1. The molecule has 0 aliphatic heterocycles. The molecule has 0 radical (unpaired) electrons. The minimum absolute atomic E-state index is 0.192. The van der Waals surface area contributed by atoms with Gasteiger partial charge in [-0.15, -0.1) is 0 Å². The topological polar surface area (TPSA) is 97.1 Å². The molecule has 0 fully saturated rings. The van der Waals surface area contributed by atoms with Gasteiger partial charge in [-0.25, -0.2) is 4.99 Å². The predicted octanol–water partition coefficient (Wildman–Crippen LogP) is 5.35. The maximum Gasteiger partial charge on any atom is 0.172 e. The Hall–Kier alpha value is -2.13. The van der Waals surface area contributed by atoms with Crippen molar-refractivity contribution in [1.82, 2.24) is 10.2 Å². The summed E-state index contributed by atoms with van der Waals surface area (Å²) in [4.78, 5) is 4.32. The molecule has 136 valence electrons. The molecule has 0 amide bonds. The number of anilines is 2. The van der Waals surface area contributed by atoms with Gasteiger partial charge in [0.1, 0.15) is 17.4 Å². The zero-order valence-corrected chi connectivity index (χ0v) is 18.4. The molecule has 3 N–H and O–H groups in total. The van der Waals surface area contributed by atoms with Crippen LogP contribution in [0.3, 0.4) is 0 Å². The molecule has 3 rings (SSSR count). The lowest BCUT2D eigenvalue weighted by Crippen LogP contribution is -1.95. The van der Waals surface area contributed by atoms with Gasteiger partial charge in [0.25, 0.3) is 0 Å². The van der Waals surface area contributed by atoms with Gasteiger partial charge in [0, 0.05) is 20.8 Å². The van der Waals surface area contributed by atoms with Crippen molar-refractivity contribution in [2.45, 2.75) is 8.86 Å². The highest BCUT2D eigenvalue weighted by molar-refractivity contribution is 14.1. The van der Waals surface area contributed by atoms with E-state index in [-0.39, 0.29) is 5.75 Å². The van der Waals surface area contributed by atoms with Crippen LogP contribution in [0.15, 0.2) is 47.5 Å². The average molecular weight is 583 g/mol. The van der Waals surface area contributed by atoms with Crippen LogP contribution in [0.1, 0.15) is 22.3 Å². The molecule has 2 aromatic carbocycles. The highest BCUT2D eigenvalue weighted by atomic mass is 127. The van der Waals surface area contributed by atoms with E-state index in [4.69, 9.17) is 0 Å². The second-order valence-corrected chi connectivity index (χ2v) is 7.21. The summed E-state index contributed by atoms with van der Waals surface area (Å²) >= 11 is 4.66. The van der Waals surface area contributed by atoms with Gasteiger partial charge >= 0.3 is 0 Å². The molecule has 8 heteroatoms. The van der Waals surface area contributed by atoms with Crippen LogP contribution in [0, 0.1) is 11.3 Å². The molecule has 3 aromatic rings. The maximum absolute atomic E-state index is 9.54. The van der Waals surface area contributed by atoms with Crippen molar-refractivity contribution in [2.24, 2.45) is 4.99 Å². The monoisotopic (exact) mass is 583 g/mol. The van der Waals surface area contributed by atoms with Crippen LogP contribution in [0.4, 0.5) is 17.3 Å². The Morgan fingerprint density at radius 2 is 1.81 bits per heavy atom. The van der Waals surface area contributed by atoms with E-state index in [9.17, 15) is 10.4 Å². The highest BCUT2D eigenvalue weighted by Crippen LogP contribution is 2.27. The maximum atomic E-state index is 9.54. The summed E-state index contributed by atoms with van der Waals surface area (Å²) in [5, 5.41) is 29.1. The Balaban J connectivity index is 1.86. The van der Waals surface area contributed by atoms with Gasteiger partial charge < -0.3 is 10.4 Å². The van der Waals surface area contributed by atoms with Gasteiger partial charge in [0.15, 0.2) is 11.6 Å². The second-order valence-electron chi connectivity index (χ2n) is 5.69. The summed E-state index contributed by atoms with van der Waals surface area (Å²) in [7, 11) is 0. The number of aromatic hydroxyl groups is 1. The lowest BCUT2D eigenvalue weighted by Gasteiger charge is -2.08. The normalized spacial score (nSPS) is 10.9. The van der Waals surface area contributed by atoms with Crippen LogP contribution < -0.4 is 5.32 Å². The molecule has 0 saturated heterocycles. The number of nitriles is 1. The standard InChI is InChI=1S/C19H15I2N5O/c20-8-13-5-14(9-21)7-15(6-13)24-19-17(10-22)18(25-26-19)23-11-12-1-3-16(27)4-2-12/h1-7,11,27H,8-9H2,(H2,24,25,26)/b23-11+. The van der Waals surface area contributed by atoms with Crippen molar-refractivity contribution in [2.75, 3.05) is 5.32 Å². The predicted molar refractivity (Wildman–Crippen MR) is 124 cm³/mol. The minimum Gasteiger partial charge on any atom is -0.508 e. The second kappa shape index (κ2) is 9.18. The van der Waals surface area contributed by atoms with Crippen molar-refractivity contribution in [1.29, 1.82) is 5.26 Å². The number of nitrogens with zero attached hydrogens (tertiary/aromatic N) is 3. The number of aromatic amines is 1. The van der Waals surface area contributed by atoms with Crippen molar-refractivity contribution in [3.63, 3.8) is 0 Å². The van der Waals surface area contributed by atoms with Crippen LogP contribution >= 0.6 is 45.2 Å². The largest absolute Gasteiger partial charge is 0.508 e. The third-order valence-corrected chi connectivity index (χ3v) is 5.48. The molecule has 0 unspecified atom stereocenters. The summed E-state index contributed by atoms with van der Waals surface area (Å²) in [5.74, 6) is 1.02. The van der Waals surface area contributed by atoms with Gasteiger partial charge in [-0.3, -0.25) is 5.10 Å². The summed E-state index contributed by atoms with van der Waals surface area (Å²) in [6.07, 6.45) is 1.61. The van der Waals surface area contributed by atoms with E-state index in [0.717, 1.165) is 20.1 Å². The average Bonchev–Trinajstić information content (AvgIpc) is 3.08. The third kappa shape index (κ3) is 4.98. The summed E-state index contributed by atoms with van der Waals surface area (Å²) in [6, 6.07) is 15.1. The summed E-state index contributed by atoms with van der Waals surface area (Å²) in [6.45, 7) is 0. The number of H-pyrrole nitrogens is 1. The number of nitrogens with one attached hydrogen (secondary N) is 2. The first-order chi connectivity index (χ1) is 13.1. The van der Waals surface area contributed by atoms with Crippen LogP contribution in [0.25, 0.3) is 0 Å². The highest BCUT2D eigenvalue weighted by Gasteiger charge is 2.13. The first-order valence-electron chi connectivity index (χ1n) is 7.96. The number of hydrogen-bond acceptors (Lipinski definition) is 5. The van der Waals surface area contributed by atoms with E-state index in [1.165, 1.54) is 11.1 Å². The molecule has 1 heterocycles. The fraction of sp³-hybridized carbons (Fsp3) is 0.105. The Kier molecular flexibility index (Phi) is 6.68. The van der Waals surface area contributed by atoms with Crippen LogP contribution in [0.5, 0.6) is 5.75 Å². The van der Waals surface area contributed by atoms with Crippen molar-refractivity contribution in [3.8, 4) is 11.8 Å². The smallest absolute Gasteiger partial charge is 0.172 e. The summed E-state index contributed by atoms with van der Waals surface area (Å²) in [5.41, 5.74) is 4.48. The van der Waals surface area contributed by atoms with E-state index in [1.807, 2.05) is 0 Å². The van der Waals surface area contributed by atoms with Crippen LogP contribution in [-0.2, 0) is 8.86 Å². The number of phenols is 1. The fourth-order valence-electron chi connectivity index (χ4n) is 2.45. The molecule has 27 heavy (non-hydrogen) atoms. The zero-order chi connectivity index (χ0) is 19.2. The van der Waals surface area contributed by atoms with Gasteiger partial charge in [0.2, 0.25) is 0 Å². The SMILES string of the molecule is N#Cc1c(Nc2cc(CI)cc(CI)c2)n[nH]c1/N=C/c1ccc(O)cc1. The molecule has 0 aliphatic rings. The van der Waals surface area contributed by atoms with Crippen molar-refractivity contribution >= 4 is 68.7 Å². The van der Waals surface area contributed by atoms with Crippen molar-refractivity contribution < 1.29 is 5.11 Å². The molecular formula is C19H15I2N5O. The van der Waals surface area contributed by atoms with E-state index in [2.05, 4.69) is 90.0 Å². The number of aliphatic imine (C=N–C) groups is 1. The van der Waals surface area contributed by atoms with Gasteiger partial charge in [0.05, 0.1) is 0 Å². The van der Waals surface area contributed by atoms with Crippen LogP contribution in [-0.4, -0.2) is 21.5 Å². The number of aromatic nitrogens is 2. The molecule has 0 atom stereocenters. The number of benzene rings is 2. The van der Waals surface area contributed by atoms with Gasteiger partial charge in [-0.05, 0) is 53.1 Å². The number of halogens is 2. The molecule has 0 bridgehead atoms.